The number of carbonyl (C=O) groups excluding carboxylic acids is 2. The number of benzene rings is 1. The van der Waals surface area contributed by atoms with Crippen molar-refractivity contribution < 1.29 is 19.8 Å². The van der Waals surface area contributed by atoms with Crippen molar-refractivity contribution in [3.8, 4) is 0 Å². The lowest BCUT2D eigenvalue weighted by Gasteiger charge is -2.28. The number of carbonyl (C=O) groups is 2. The Morgan fingerprint density at radius 1 is 1.29 bits per heavy atom. The predicted molar refractivity (Wildman–Crippen MR) is 97.9 cm³/mol. The monoisotopic (exact) mass is 517 g/mol. The van der Waals surface area contributed by atoms with E-state index in [4.69, 9.17) is 5.11 Å². The van der Waals surface area contributed by atoms with Gasteiger partial charge in [0.1, 0.15) is 0 Å². The molecule has 21 heavy (non-hydrogen) atoms. The molecule has 1 aromatic carbocycles. The molecule has 7 heteroatoms. The fourth-order valence-electron chi connectivity index (χ4n) is 1.96. The van der Waals surface area contributed by atoms with Crippen LogP contribution in [0, 0.1) is 21.0 Å². The molecule has 0 heterocycles. The van der Waals surface area contributed by atoms with E-state index >= 15 is 0 Å². The maximum Gasteiger partial charge on any atom is 0.224 e. The number of aliphatic hydroxyl groups is 2. The van der Waals surface area contributed by atoms with Crippen LogP contribution < -0.4 is 4.90 Å². The molecule has 0 aliphatic rings. The Morgan fingerprint density at radius 3 is 2.29 bits per heavy atom. The number of aldehydes is 1. The van der Waals surface area contributed by atoms with Gasteiger partial charge < -0.3 is 15.1 Å². The normalized spacial score (nSPS) is 12.1. The fraction of sp³-hybridized carbons (Fsp3) is 0.429. The maximum atomic E-state index is 11.9. The summed E-state index contributed by atoms with van der Waals surface area (Å²) < 4.78 is 1.54. The molecular formula is C14H17I2NO4. The van der Waals surface area contributed by atoms with Gasteiger partial charge in [-0.3, -0.25) is 9.59 Å². The van der Waals surface area contributed by atoms with E-state index in [2.05, 4.69) is 22.6 Å². The second kappa shape index (κ2) is 7.84. The molecule has 0 saturated heterocycles. The third-order valence-corrected chi connectivity index (χ3v) is 5.73. The van der Waals surface area contributed by atoms with Crippen molar-refractivity contribution in [3.05, 3.63) is 23.8 Å². The predicted octanol–water partition coefficient (Wildman–Crippen LogP) is 2.03. The largest absolute Gasteiger partial charge is 0.394 e. The molecule has 0 aliphatic heterocycles. The van der Waals surface area contributed by atoms with Gasteiger partial charge in [-0.1, -0.05) is 0 Å². The molecule has 0 aromatic heterocycles. The van der Waals surface area contributed by atoms with E-state index in [1.54, 1.807) is 0 Å². The van der Waals surface area contributed by atoms with Gasteiger partial charge in [0, 0.05) is 19.6 Å². The van der Waals surface area contributed by atoms with Crippen molar-refractivity contribution in [3.63, 3.8) is 0 Å². The number of halogens is 2. The van der Waals surface area contributed by atoms with Crippen molar-refractivity contribution in [1.82, 2.24) is 0 Å². The third-order valence-electron chi connectivity index (χ3n) is 3.32. The molecule has 1 atom stereocenters. The summed E-state index contributed by atoms with van der Waals surface area (Å²) in [5.74, 6) is -0.251. The Hall–Kier alpha value is -0.260. The van der Waals surface area contributed by atoms with Gasteiger partial charge >= 0.3 is 0 Å². The standard InChI is InChI=1S/C14H17I2NO4/c1-7-8(2)12(15)14(13(16)11(7)6-19)17(9(3)20)4-10(21)5-18/h6,10,18,21H,4-5H2,1-3H3. The van der Waals surface area contributed by atoms with Gasteiger partial charge in [0.15, 0.2) is 6.29 Å². The molecule has 5 nitrogen and oxygen atoms in total. The van der Waals surface area contributed by atoms with Crippen LogP contribution in [-0.4, -0.2) is 41.7 Å². The van der Waals surface area contributed by atoms with Crippen LogP contribution in [0.25, 0.3) is 0 Å². The number of rotatable bonds is 5. The molecule has 116 valence electrons. The van der Waals surface area contributed by atoms with Crippen LogP contribution in [0.5, 0.6) is 0 Å². The maximum absolute atomic E-state index is 11.9. The molecule has 2 N–H and O–H groups in total. The SMILES string of the molecule is CC(=O)N(CC(O)CO)c1c(I)c(C)c(C)c(C=O)c1I. The van der Waals surface area contributed by atoms with Crippen LogP contribution in [0.3, 0.4) is 0 Å². The molecule has 0 saturated carbocycles. The molecule has 0 aliphatic carbocycles. The second-order valence-corrected chi connectivity index (χ2v) is 6.88. The average Bonchev–Trinajstić information content (AvgIpc) is 2.44. The Kier molecular flexibility index (Phi) is 7.01. The Morgan fingerprint density at radius 2 is 1.86 bits per heavy atom. The summed E-state index contributed by atoms with van der Waals surface area (Å²) >= 11 is 4.18. The van der Waals surface area contributed by atoms with Gasteiger partial charge in [-0.2, -0.15) is 0 Å². The molecular weight excluding hydrogens is 500 g/mol. The van der Waals surface area contributed by atoms with Gasteiger partial charge in [-0.05, 0) is 70.2 Å². The number of amides is 1. The molecule has 1 rings (SSSR count). The number of nitrogens with zero attached hydrogens (tertiary/aromatic N) is 1. The highest BCUT2D eigenvalue weighted by atomic mass is 127. The van der Waals surface area contributed by atoms with Gasteiger partial charge in [-0.25, -0.2) is 0 Å². The first-order valence-corrected chi connectivity index (χ1v) is 8.42. The molecule has 1 amide bonds. The topological polar surface area (TPSA) is 77.8 Å². The van der Waals surface area contributed by atoms with E-state index in [9.17, 15) is 14.7 Å². The summed E-state index contributed by atoms with van der Waals surface area (Å²) in [6, 6.07) is 0. The van der Waals surface area contributed by atoms with Crippen LogP contribution >= 0.6 is 45.2 Å². The van der Waals surface area contributed by atoms with Crippen LogP contribution in [0.1, 0.15) is 28.4 Å². The summed E-state index contributed by atoms with van der Waals surface area (Å²) in [6.07, 6.45) is -0.244. The lowest BCUT2D eigenvalue weighted by Crippen LogP contribution is -2.39. The number of anilines is 1. The zero-order chi connectivity index (χ0) is 16.3. The first-order valence-electron chi connectivity index (χ1n) is 6.26. The zero-order valence-electron chi connectivity index (χ0n) is 12.0. The quantitative estimate of drug-likeness (QED) is 0.464. The minimum absolute atomic E-state index is 0.0152. The van der Waals surface area contributed by atoms with E-state index in [1.807, 2.05) is 36.4 Å². The van der Waals surface area contributed by atoms with Gasteiger partial charge in [0.25, 0.3) is 0 Å². The molecule has 1 unspecified atom stereocenters. The number of hydrogen-bond acceptors (Lipinski definition) is 4. The van der Waals surface area contributed by atoms with E-state index < -0.39 is 12.7 Å². The average molecular weight is 517 g/mol. The first kappa shape index (κ1) is 18.8. The van der Waals surface area contributed by atoms with Crippen LogP contribution in [0.2, 0.25) is 0 Å². The minimum Gasteiger partial charge on any atom is -0.394 e. The Balaban J connectivity index is 3.55. The lowest BCUT2D eigenvalue weighted by atomic mass is 10.0. The van der Waals surface area contributed by atoms with E-state index in [0.29, 0.717) is 14.8 Å². The van der Waals surface area contributed by atoms with Crippen LogP contribution in [0.15, 0.2) is 0 Å². The van der Waals surface area contributed by atoms with E-state index in [0.717, 1.165) is 21.0 Å². The van der Waals surface area contributed by atoms with Crippen molar-refractivity contribution in [1.29, 1.82) is 0 Å². The van der Waals surface area contributed by atoms with Crippen molar-refractivity contribution in [2.75, 3.05) is 18.1 Å². The summed E-state index contributed by atoms with van der Waals surface area (Å²) in [4.78, 5) is 24.7. The first-order chi connectivity index (χ1) is 9.76. The highest BCUT2D eigenvalue weighted by Gasteiger charge is 2.25. The van der Waals surface area contributed by atoms with Crippen LogP contribution in [0.4, 0.5) is 5.69 Å². The summed E-state index contributed by atoms with van der Waals surface area (Å²) in [5.41, 5.74) is 2.97. The van der Waals surface area contributed by atoms with E-state index in [-0.39, 0.29) is 12.5 Å². The molecule has 0 fully saturated rings. The van der Waals surface area contributed by atoms with Crippen molar-refractivity contribution in [2.45, 2.75) is 26.9 Å². The number of aliphatic hydroxyl groups excluding tert-OH is 2. The summed E-state index contributed by atoms with van der Waals surface area (Å²) in [5, 5.41) is 18.7. The molecule has 0 spiro atoms. The molecule has 1 aromatic rings. The molecule has 0 radical (unpaired) electrons. The lowest BCUT2D eigenvalue weighted by molar-refractivity contribution is -0.117. The van der Waals surface area contributed by atoms with E-state index in [1.165, 1.54) is 11.8 Å². The smallest absolute Gasteiger partial charge is 0.224 e. The van der Waals surface area contributed by atoms with Gasteiger partial charge in [0.2, 0.25) is 5.91 Å². The number of hydrogen-bond donors (Lipinski definition) is 2. The Labute approximate surface area is 151 Å². The summed E-state index contributed by atoms with van der Waals surface area (Å²) in [7, 11) is 0. The highest BCUT2D eigenvalue weighted by molar-refractivity contribution is 14.1. The molecule has 0 bridgehead atoms. The summed E-state index contributed by atoms with van der Waals surface area (Å²) in [6.45, 7) is 4.71. The highest BCUT2D eigenvalue weighted by Crippen LogP contribution is 2.36. The van der Waals surface area contributed by atoms with Gasteiger partial charge in [0.05, 0.1) is 24.9 Å². The fourth-order valence-corrected chi connectivity index (χ4v) is 4.53. The van der Waals surface area contributed by atoms with Crippen LogP contribution in [-0.2, 0) is 4.79 Å². The Bertz CT molecular complexity index is 575. The van der Waals surface area contributed by atoms with Crippen molar-refractivity contribution >= 4 is 63.1 Å². The minimum atomic E-state index is -1.03. The zero-order valence-corrected chi connectivity index (χ0v) is 16.3. The van der Waals surface area contributed by atoms with Crippen molar-refractivity contribution in [2.24, 2.45) is 0 Å². The third kappa shape index (κ3) is 3.93. The van der Waals surface area contributed by atoms with Gasteiger partial charge in [-0.15, -0.1) is 0 Å². The second-order valence-electron chi connectivity index (χ2n) is 4.72.